The summed E-state index contributed by atoms with van der Waals surface area (Å²) in [5, 5.41) is 3.40. The minimum Gasteiger partial charge on any atom is -0.381 e. The molecule has 0 rings (SSSR count). The summed E-state index contributed by atoms with van der Waals surface area (Å²) < 4.78 is 10.8. The van der Waals surface area contributed by atoms with E-state index in [0.717, 1.165) is 39.4 Å². The van der Waals surface area contributed by atoms with Crippen molar-refractivity contribution in [3.8, 4) is 0 Å². The van der Waals surface area contributed by atoms with Gasteiger partial charge in [-0.15, -0.1) is 0 Å². The Morgan fingerprint density at radius 3 is 2.40 bits per heavy atom. The van der Waals surface area contributed by atoms with Gasteiger partial charge in [-0.05, 0) is 32.7 Å². The Labute approximate surface area is 94.5 Å². The van der Waals surface area contributed by atoms with Crippen molar-refractivity contribution in [2.75, 3.05) is 33.0 Å². The fourth-order valence-corrected chi connectivity index (χ4v) is 1.20. The van der Waals surface area contributed by atoms with Crippen LogP contribution in [0.2, 0.25) is 0 Å². The van der Waals surface area contributed by atoms with Gasteiger partial charge in [-0.1, -0.05) is 13.8 Å². The molecule has 0 radical (unpaired) electrons. The van der Waals surface area contributed by atoms with Crippen molar-refractivity contribution in [1.82, 2.24) is 5.32 Å². The standard InChI is InChI=1S/C12H27NO2/c1-5-14-10-12(4)13-7-6-8-15-9-11(2)3/h11-13H,5-10H2,1-4H3. The smallest absolute Gasteiger partial charge is 0.0616 e. The lowest BCUT2D eigenvalue weighted by molar-refractivity contribution is 0.103. The van der Waals surface area contributed by atoms with E-state index in [2.05, 4.69) is 26.1 Å². The summed E-state index contributed by atoms with van der Waals surface area (Å²) in [5.74, 6) is 0.634. The molecule has 1 unspecified atom stereocenters. The molecular formula is C12H27NO2. The second-order valence-electron chi connectivity index (χ2n) is 4.34. The Morgan fingerprint density at radius 1 is 1.07 bits per heavy atom. The van der Waals surface area contributed by atoms with Gasteiger partial charge in [-0.25, -0.2) is 0 Å². The summed E-state index contributed by atoms with van der Waals surface area (Å²) >= 11 is 0. The number of rotatable bonds is 10. The van der Waals surface area contributed by atoms with Gasteiger partial charge in [0.05, 0.1) is 6.61 Å². The van der Waals surface area contributed by atoms with Crippen molar-refractivity contribution in [3.63, 3.8) is 0 Å². The van der Waals surface area contributed by atoms with Crippen LogP contribution < -0.4 is 5.32 Å². The van der Waals surface area contributed by atoms with E-state index in [4.69, 9.17) is 9.47 Å². The van der Waals surface area contributed by atoms with E-state index in [1.54, 1.807) is 0 Å². The van der Waals surface area contributed by atoms with Crippen molar-refractivity contribution in [2.45, 2.75) is 40.2 Å². The maximum atomic E-state index is 5.49. The highest BCUT2D eigenvalue weighted by Crippen LogP contribution is 1.93. The third-order valence-electron chi connectivity index (χ3n) is 1.98. The van der Waals surface area contributed by atoms with Crippen molar-refractivity contribution in [3.05, 3.63) is 0 Å². The molecule has 92 valence electrons. The highest BCUT2D eigenvalue weighted by molar-refractivity contribution is 4.58. The fourth-order valence-electron chi connectivity index (χ4n) is 1.20. The summed E-state index contributed by atoms with van der Waals surface area (Å²) in [6, 6.07) is 0.440. The van der Waals surface area contributed by atoms with Crippen molar-refractivity contribution >= 4 is 0 Å². The van der Waals surface area contributed by atoms with Crippen molar-refractivity contribution in [1.29, 1.82) is 0 Å². The molecule has 3 heteroatoms. The Hall–Kier alpha value is -0.120. The molecule has 0 aliphatic rings. The van der Waals surface area contributed by atoms with Crippen LogP contribution in [0.25, 0.3) is 0 Å². The quantitative estimate of drug-likeness (QED) is 0.568. The molecule has 0 aromatic carbocycles. The minimum atomic E-state index is 0.440. The first-order chi connectivity index (χ1) is 7.16. The molecule has 15 heavy (non-hydrogen) atoms. The molecule has 0 saturated heterocycles. The monoisotopic (exact) mass is 217 g/mol. The van der Waals surface area contributed by atoms with Crippen LogP contribution in [0.3, 0.4) is 0 Å². The molecule has 0 aromatic heterocycles. The van der Waals surface area contributed by atoms with E-state index in [0.29, 0.717) is 12.0 Å². The van der Waals surface area contributed by atoms with Gasteiger partial charge >= 0.3 is 0 Å². The first-order valence-electron chi connectivity index (χ1n) is 6.05. The van der Waals surface area contributed by atoms with Crippen LogP contribution >= 0.6 is 0 Å². The SMILES string of the molecule is CCOCC(C)NCCCOCC(C)C. The van der Waals surface area contributed by atoms with Crippen LogP contribution in [-0.2, 0) is 9.47 Å². The number of ether oxygens (including phenoxy) is 2. The van der Waals surface area contributed by atoms with Gasteiger partial charge in [0.2, 0.25) is 0 Å². The maximum absolute atomic E-state index is 5.49. The summed E-state index contributed by atoms with van der Waals surface area (Å²) in [6.45, 7) is 12.8. The van der Waals surface area contributed by atoms with E-state index in [9.17, 15) is 0 Å². The first kappa shape index (κ1) is 14.9. The summed E-state index contributed by atoms with van der Waals surface area (Å²) in [6.07, 6.45) is 1.07. The highest BCUT2D eigenvalue weighted by atomic mass is 16.5. The second-order valence-corrected chi connectivity index (χ2v) is 4.34. The maximum Gasteiger partial charge on any atom is 0.0616 e. The Balaban J connectivity index is 3.09. The molecule has 0 aromatic rings. The molecule has 1 atom stereocenters. The summed E-state index contributed by atoms with van der Waals surface area (Å²) in [5.41, 5.74) is 0. The van der Waals surface area contributed by atoms with Crippen LogP contribution in [-0.4, -0.2) is 39.0 Å². The average Bonchev–Trinajstić information content (AvgIpc) is 2.19. The molecule has 0 bridgehead atoms. The lowest BCUT2D eigenvalue weighted by Crippen LogP contribution is -2.31. The molecule has 0 heterocycles. The van der Waals surface area contributed by atoms with Crippen molar-refractivity contribution < 1.29 is 9.47 Å². The van der Waals surface area contributed by atoms with Gasteiger partial charge in [0.25, 0.3) is 0 Å². The van der Waals surface area contributed by atoms with Crippen molar-refractivity contribution in [2.24, 2.45) is 5.92 Å². The Kier molecular flexibility index (Phi) is 10.3. The van der Waals surface area contributed by atoms with E-state index < -0.39 is 0 Å². The molecule has 0 amide bonds. The van der Waals surface area contributed by atoms with Gasteiger partial charge in [-0.2, -0.15) is 0 Å². The van der Waals surface area contributed by atoms with Crippen LogP contribution in [0, 0.1) is 5.92 Å². The third-order valence-corrected chi connectivity index (χ3v) is 1.98. The topological polar surface area (TPSA) is 30.5 Å². The largest absolute Gasteiger partial charge is 0.381 e. The number of hydrogen-bond acceptors (Lipinski definition) is 3. The predicted molar refractivity (Wildman–Crippen MR) is 64.2 cm³/mol. The highest BCUT2D eigenvalue weighted by Gasteiger charge is 1.99. The molecular weight excluding hydrogens is 190 g/mol. The van der Waals surface area contributed by atoms with E-state index in [-0.39, 0.29) is 0 Å². The molecule has 3 nitrogen and oxygen atoms in total. The van der Waals surface area contributed by atoms with E-state index in [1.807, 2.05) is 6.92 Å². The first-order valence-corrected chi connectivity index (χ1v) is 6.05. The fraction of sp³-hybridized carbons (Fsp3) is 1.00. The van der Waals surface area contributed by atoms with Gasteiger partial charge in [-0.3, -0.25) is 0 Å². The van der Waals surface area contributed by atoms with Crippen LogP contribution in [0.1, 0.15) is 34.1 Å². The number of nitrogens with one attached hydrogen (secondary N) is 1. The lowest BCUT2D eigenvalue weighted by atomic mass is 10.2. The Morgan fingerprint density at radius 2 is 1.80 bits per heavy atom. The van der Waals surface area contributed by atoms with Gasteiger partial charge in [0.15, 0.2) is 0 Å². The molecule has 0 fully saturated rings. The molecule has 1 N–H and O–H groups in total. The molecule has 0 aliphatic heterocycles. The average molecular weight is 217 g/mol. The second kappa shape index (κ2) is 10.4. The van der Waals surface area contributed by atoms with Gasteiger partial charge in [0.1, 0.15) is 0 Å². The Bertz CT molecular complexity index is 129. The van der Waals surface area contributed by atoms with Gasteiger partial charge < -0.3 is 14.8 Å². The summed E-state index contributed by atoms with van der Waals surface area (Å²) in [7, 11) is 0. The molecule has 0 saturated carbocycles. The molecule has 0 aliphatic carbocycles. The zero-order chi connectivity index (χ0) is 11.5. The van der Waals surface area contributed by atoms with Crippen LogP contribution in [0.5, 0.6) is 0 Å². The third kappa shape index (κ3) is 11.8. The van der Waals surface area contributed by atoms with Crippen LogP contribution in [0.15, 0.2) is 0 Å². The van der Waals surface area contributed by atoms with E-state index in [1.165, 1.54) is 0 Å². The minimum absolute atomic E-state index is 0.440. The number of hydrogen-bond donors (Lipinski definition) is 1. The zero-order valence-electron chi connectivity index (χ0n) is 10.7. The van der Waals surface area contributed by atoms with E-state index >= 15 is 0 Å². The molecule has 0 spiro atoms. The predicted octanol–water partition coefficient (Wildman–Crippen LogP) is 2.06. The van der Waals surface area contributed by atoms with Gasteiger partial charge in [0, 0.05) is 25.9 Å². The summed E-state index contributed by atoms with van der Waals surface area (Å²) in [4.78, 5) is 0. The lowest BCUT2D eigenvalue weighted by Gasteiger charge is -2.13. The zero-order valence-corrected chi connectivity index (χ0v) is 10.7. The van der Waals surface area contributed by atoms with Crippen LogP contribution in [0.4, 0.5) is 0 Å². The normalized spacial score (nSPS) is 13.4.